The van der Waals surface area contributed by atoms with Crippen LogP contribution in [0.1, 0.15) is 38.4 Å². The van der Waals surface area contributed by atoms with Gasteiger partial charge in [-0.1, -0.05) is 30.3 Å². The molecule has 0 bridgehead atoms. The standard InChI is InChI=1S/C14H21NO/c1-14(2)9-6-10-15(14)11-13(16)12-7-4-3-5-8-12/h3-5,7-8,13,16H,6,9-11H2,1-2H3. The topological polar surface area (TPSA) is 23.5 Å². The van der Waals surface area contributed by atoms with Crippen molar-refractivity contribution in [2.45, 2.75) is 38.3 Å². The van der Waals surface area contributed by atoms with E-state index in [4.69, 9.17) is 0 Å². The van der Waals surface area contributed by atoms with Crippen LogP contribution in [-0.2, 0) is 0 Å². The van der Waals surface area contributed by atoms with Crippen LogP contribution in [0.3, 0.4) is 0 Å². The Morgan fingerprint density at radius 2 is 2.00 bits per heavy atom. The molecule has 1 N–H and O–H groups in total. The van der Waals surface area contributed by atoms with E-state index in [9.17, 15) is 5.11 Å². The average Bonchev–Trinajstić information content (AvgIpc) is 2.59. The Morgan fingerprint density at radius 3 is 2.56 bits per heavy atom. The van der Waals surface area contributed by atoms with E-state index in [2.05, 4.69) is 18.7 Å². The van der Waals surface area contributed by atoms with Gasteiger partial charge in [-0.2, -0.15) is 0 Å². The van der Waals surface area contributed by atoms with Gasteiger partial charge in [0.2, 0.25) is 0 Å². The second-order valence-electron chi connectivity index (χ2n) is 5.29. The number of likely N-dealkylation sites (tertiary alicyclic amines) is 1. The molecular weight excluding hydrogens is 198 g/mol. The van der Waals surface area contributed by atoms with Gasteiger partial charge in [-0.05, 0) is 38.8 Å². The number of rotatable bonds is 3. The van der Waals surface area contributed by atoms with Gasteiger partial charge in [-0.3, -0.25) is 4.90 Å². The second kappa shape index (κ2) is 4.56. The van der Waals surface area contributed by atoms with Crippen LogP contribution in [0.5, 0.6) is 0 Å². The van der Waals surface area contributed by atoms with Crippen molar-refractivity contribution in [2.24, 2.45) is 0 Å². The van der Waals surface area contributed by atoms with Gasteiger partial charge in [0, 0.05) is 12.1 Å². The highest BCUT2D eigenvalue weighted by molar-refractivity contribution is 5.17. The summed E-state index contributed by atoms with van der Waals surface area (Å²) in [7, 11) is 0. The van der Waals surface area contributed by atoms with Gasteiger partial charge in [0.15, 0.2) is 0 Å². The Morgan fingerprint density at radius 1 is 1.31 bits per heavy atom. The summed E-state index contributed by atoms with van der Waals surface area (Å²) in [5.74, 6) is 0. The molecule has 1 aliphatic heterocycles. The molecule has 0 aromatic heterocycles. The monoisotopic (exact) mass is 219 g/mol. The normalized spacial score (nSPS) is 22.2. The molecule has 0 radical (unpaired) electrons. The SMILES string of the molecule is CC1(C)CCCN1CC(O)c1ccccc1. The molecule has 2 nitrogen and oxygen atoms in total. The molecule has 16 heavy (non-hydrogen) atoms. The third kappa shape index (κ3) is 2.45. The number of aliphatic hydroxyl groups excluding tert-OH is 1. The fourth-order valence-corrected chi connectivity index (χ4v) is 2.49. The first-order chi connectivity index (χ1) is 7.59. The van der Waals surface area contributed by atoms with Crippen molar-refractivity contribution in [2.75, 3.05) is 13.1 Å². The van der Waals surface area contributed by atoms with Crippen LogP contribution >= 0.6 is 0 Å². The molecule has 0 spiro atoms. The smallest absolute Gasteiger partial charge is 0.0917 e. The summed E-state index contributed by atoms with van der Waals surface area (Å²) in [6.45, 7) is 6.38. The van der Waals surface area contributed by atoms with Crippen molar-refractivity contribution in [3.8, 4) is 0 Å². The highest BCUT2D eigenvalue weighted by Gasteiger charge is 2.32. The summed E-state index contributed by atoms with van der Waals surface area (Å²) >= 11 is 0. The van der Waals surface area contributed by atoms with Crippen LogP contribution in [-0.4, -0.2) is 28.6 Å². The Hall–Kier alpha value is -0.860. The van der Waals surface area contributed by atoms with Crippen LogP contribution in [0.15, 0.2) is 30.3 Å². The van der Waals surface area contributed by atoms with Crippen molar-refractivity contribution in [3.63, 3.8) is 0 Å². The predicted molar refractivity (Wildman–Crippen MR) is 66.3 cm³/mol. The summed E-state index contributed by atoms with van der Waals surface area (Å²) in [6, 6.07) is 9.93. The van der Waals surface area contributed by atoms with Gasteiger partial charge in [-0.15, -0.1) is 0 Å². The Labute approximate surface area is 97.9 Å². The maximum atomic E-state index is 10.2. The van der Waals surface area contributed by atoms with Gasteiger partial charge in [-0.25, -0.2) is 0 Å². The molecule has 1 heterocycles. The lowest BCUT2D eigenvalue weighted by molar-refractivity contribution is 0.0779. The lowest BCUT2D eigenvalue weighted by Gasteiger charge is -2.33. The number of hydrogen-bond donors (Lipinski definition) is 1. The zero-order valence-corrected chi connectivity index (χ0v) is 10.2. The number of β-amino-alcohol motifs (C(OH)–C–C–N with tert-alkyl or cyclic N) is 1. The molecule has 0 aliphatic carbocycles. The Bertz CT molecular complexity index is 334. The van der Waals surface area contributed by atoms with E-state index in [1.54, 1.807) is 0 Å². The molecular formula is C14H21NO. The molecule has 1 aliphatic rings. The zero-order chi connectivity index (χ0) is 11.6. The minimum Gasteiger partial charge on any atom is -0.387 e. The number of benzene rings is 1. The number of hydrogen-bond acceptors (Lipinski definition) is 2. The zero-order valence-electron chi connectivity index (χ0n) is 10.2. The van der Waals surface area contributed by atoms with Crippen molar-refractivity contribution in [3.05, 3.63) is 35.9 Å². The molecule has 1 fully saturated rings. The van der Waals surface area contributed by atoms with E-state index < -0.39 is 0 Å². The quantitative estimate of drug-likeness (QED) is 0.844. The van der Waals surface area contributed by atoms with Crippen molar-refractivity contribution >= 4 is 0 Å². The van der Waals surface area contributed by atoms with Crippen molar-refractivity contribution in [1.82, 2.24) is 4.90 Å². The summed E-state index contributed by atoms with van der Waals surface area (Å²) in [5, 5.41) is 10.2. The molecule has 1 atom stereocenters. The largest absolute Gasteiger partial charge is 0.387 e. The maximum Gasteiger partial charge on any atom is 0.0917 e. The third-order valence-corrected chi connectivity index (χ3v) is 3.65. The molecule has 2 heteroatoms. The van der Waals surface area contributed by atoms with Gasteiger partial charge in [0.05, 0.1) is 6.10 Å². The van der Waals surface area contributed by atoms with Crippen molar-refractivity contribution in [1.29, 1.82) is 0 Å². The summed E-state index contributed by atoms with van der Waals surface area (Å²) in [6.07, 6.45) is 2.11. The van der Waals surface area contributed by atoms with Crippen LogP contribution in [0.2, 0.25) is 0 Å². The summed E-state index contributed by atoms with van der Waals surface area (Å²) in [4.78, 5) is 2.39. The van der Waals surface area contributed by atoms with E-state index in [1.165, 1.54) is 12.8 Å². The Balaban J connectivity index is 2.00. The van der Waals surface area contributed by atoms with E-state index in [1.807, 2.05) is 30.3 Å². The highest BCUT2D eigenvalue weighted by Crippen LogP contribution is 2.30. The predicted octanol–water partition coefficient (Wildman–Crippen LogP) is 2.59. The minimum atomic E-state index is -0.362. The van der Waals surface area contributed by atoms with E-state index in [0.29, 0.717) is 0 Å². The fraction of sp³-hybridized carbons (Fsp3) is 0.571. The summed E-state index contributed by atoms with van der Waals surface area (Å²) in [5.41, 5.74) is 1.26. The van der Waals surface area contributed by atoms with Gasteiger partial charge < -0.3 is 5.11 Å². The minimum absolute atomic E-state index is 0.246. The molecule has 1 aromatic rings. The first-order valence-corrected chi connectivity index (χ1v) is 6.08. The van der Waals surface area contributed by atoms with Gasteiger partial charge in [0.1, 0.15) is 0 Å². The summed E-state index contributed by atoms with van der Waals surface area (Å²) < 4.78 is 0. The van der Waals surface area contributed by atoms with Crippen LogP contribution in [0.4, 0.5) is 0 Å². The molecule has 0 saturated carbocycles. The maximum absolute atomic E-state index is 10.2. The van der Waals surface area contributed by atoms with Gasteiger partial charge in [0.25, 0.3) is 0 Å². The second-order valence-corrected chi connectivity index (χ2v) is 5.29. The number of nitrogens with zero attached hydrogens (tertiary/aromatic N) is 1. The number of aliphatic hydroxyl groups is 1. The van der Waals surface area contributed by atoms with E-state index in [-0.39, 0.29) is 11.6 Å². The molecule has 1 saturated heterocycles. The molecule has 1 aromatic carbocycles. The van der Waals surface area contributed by atoms with E-state index >= 15 is 0 Å². The van der Waals surface area contributed by atoms with Gasteiger partial charge >= 0.3 is 0 Å². The first kappa shape index (κ1) is 11.6. The average molecular weight is 219 g/mol. The van der Waals surface area contributed by atoms with Crippen LogP contribution < -0.4 is 0 Å². The Kier molecular flexibility index (Phi) is 3.31. The third-order valence-electron chi connectivity index (χ3n) is 3.65. The fourth-order valence-electron chi connectivity index (χ4n) is 2.49. The van der Waals surface area contributed by atoms with Crippen molar-refractivity contribution < 1.29 is 5.11 Å². The molecule has 88 valence electrons. The van der Waals surface area contributed by atoms with Crippen LogP contribution in [0, 0.1) is 0 Å². The highest BCUT2D eigenvalue weighted by atomic mass is 16.3. The first-order valence-electron chi connectivity index (χ1n) is 6.08. The lowest BCUT2D eigenvalue weighted by atomic mass is 10.0. The molecule has 1 unspecified atom stereocenters. The molecule has 0 amide bonds. The lowest BCUT2D eigenvalue weighted by Crippen LogP contribution is -2.40. The van der Waals surface area contributed by atoms with E-state index in [0.717, 1.165) is 18.7 Å². The van der Waals surface area contributed by atoms with Crippen LogP contribution in [0.25, 0.3) is 0 Å². The molecule has 2 rings (SSSR count).